The molecule has 0 aliphatic carbocycles. The predicted molar refractivity (Wildman–Crippen MR) is 69.9 cm³/mol. The van der Waals surface area contributed by atoms with Gasteiger partial charge < -0.3 is 4.74 Å². The summed E-state index contributed by atoms with van der Waals surface area (Å²) in [5, 5.41) is -0.322. The Morgan fingerprint density at radius 3 is 2.47 bits per heavy atom. The van der Waals surface area contributed by atoms with Crippen LogP contribution >= 0.6 is 11.6 Å². The van der Waals surface area contributed by atoms with Crippen LogP contribution in [0.4, 0.5) is 0 Å². The van der Waals surface area contributed by atoms with Crippen LogP contribution in [0.25, 0.3) is 0 Å². The summed E-state index contributed by atoms with van der Waals surface area (Å²) in [5.74, 6) is 0.459. The largest absolute Gasteiger partial charge is 0.381 e. The van der Waals surface area contributed by atoms with Crippen LogP contribution in [-0.4, -0.2) is 38.3 Å². The van der Waals surface area contributed by atoms with Gasteiger partial charge in [0.25, 0.3) is 0 Å². The molecule has 1 aliphatic rings. The maximum atomic E-state index is 12.2. The van der Waals surface area contributed by atoms with Crippen molar-refractivity contribution in [1.82, 2.24) is 4.72 Å². The lowest BCUT2D eigenvalue weighted by Crippen LogP contribution is -2.50. The van der Waals surface area contributed by atoms with E-state index in [1.165, 1.54) is 0 Å². The summed E-state index contributed by atoms with van der Waals surface area (Å²) in [5.41, 5.74) is -0.432. The molecule has 4 nitrogen and oxygen atoms in total. The molecule has 1 heterocycles. The summed E-state index contributed by atoms with van der Waals surface area (Å²) in [6.45, 7) is 4.94. The zero-order valence-electron chi connectivity index (χ0n) is 10.5. The minimum Gasteiger partial charge on any atom is -0.381 e. The molecule has 1 unspecified atom stereocenters. The Labute approximate surface area is 109 Å². The Kier molecular flexibility index (Phi) is 5.70. The quantitative estimate of drug-likeness (QED) is 0.757. The maximum Gasteiger partial charge on any atom is 0.215 e. The van der Waals surface area contributed by atoms with Crippen molar-refractivity contribution in [3.05, 3.63) is 0 Å². The van der Waals surface area contributed by atoms with Gasteiger partial charge in [-0.3, -0.25) is 0 Å². The molecule has 0 bridgehead atoms. The highest BCUT2D eigenvalue weighted by molar-refractivity contribution is 7.90. The summed E-state index contributed by atoms with van der Waals surface area (Å²) in [7, 11) is -3.26. The van der Waals surface area contributed by atoms with Crippen LogP contribution in [0.3, 0.4) is 0 Å². The number of ether oxygens (including phenoxy) is 1. The molecule has 0 radical (unpaired) electrons. The van der Waals surface area contributed by atoms with Crippen LogP contribution < -0.4 is 4.72 Å². The third-order valence-electron chi connectivity index (χ3n) is 3.42. The zero-order chi connectivity index (χ0) is 12.9. The number of nitrogens with one attached hydrogen (secondary N) is 1. The monoisotopic (exact) mass is 283 g/mol. The number of halogens is 1. The minimum atomic E-state index is -3.26. The molecule has 1 rings (SSSR count). The molecule has 0 amide bonds. The normalized spacial score (nSPS) is 22.3. The topological polar surface area (TPSA) is 55.4 Å². The zero-order valence-corrected chi connectivity index (χ0v) is 12.1. The van der Waals surface area contributed by atoms with Gasteiger partial charge in [-0.05, 0) is 32.6 Å². The molecular formula is C11H22ClNO3S. The maximum absolute atomic E-state index is 12.2. The van der Waals surface area contributed by atoms with Gasteiger partial charge in [-0.15, -0.1) is 11.6 Å². The molecule has 0 spiro atoms. The van der Waals surface area contributed by atoms with E-state index >= 15 is 0 Å². The van der Waals surface area contributed by atoms with E-state index in [2.05, 4.69) is 4.72 Å². The predicted octanol–water partition coefficient (Wildman–Crippen LogP) is 1.88. The van der Waals surface area contributed by atoms with E-state index < -0.39 is 15.6 Å². The first kappa shape index (κ1) is 15.2. The lowest BCUT2D eigenvalue weighted by atomic mass is 9.97. The average molecular weight is 284 g/mol. The summed E-state index contributed by atoms with van der Waals surface area (Å²) < 4.78 is 32.5. The summed E-state index contributed by atoms with van der Waals surface area (Å²) in [6, 6.07) is 0. The summed E-state index contributed by atoms with van der Waals surface area (Å²) >= 11 is 5.72. The Morgan fingerprint density at radius 2 is 2.00 bits per heavy atom. The average Bonchev–Trinajstić information content (AvgIpc) is 2.30. The highest BCUT2D eigenvalue weighted by Gasteiger charge is 2.33. The van der Waals surface area contributed by atoms with Gasteiger partial charge in [0.05, 0.1) is 5.25 Å². The highest BCUT2D eigenvalue weighted by atomic mass is 35.5. The standard InChI is InChI=1S/C11H22ClNO3S/c1-3-11(2,6-7-12)13-17(14,15)10-4-8-16-9-5-10/h10,13H,3-9H2,1-2H3. The van der Waals surface area contributed by atoms with E-state index in [0.29, 0.717) is 38.4 Å². The third kappa shape index (κ3) is 4.39. The first-order valence-electron chi connectivity index (χ1n) is 6.10. The molecule has 17 heavy (non-hydrogen) atoms. The Morgan fingerprint density at radius 1 is 1.41 bits per heavy atom. The van der Waals surface area contributed by atoms with Gasteiger partial charge >= 0.3 is 0 Å². The van der Waals surface area contributed by atoms with Crippen molar-refractivity contribution in [2.45, 2.75) is 50.3 Å². The first-order chi connectivity index (χ1) is 7.93. The highest BCUT2D eigenvalue weighted by Crippen LogP contribution is 2.21. The van der Waals surface area contributed by atoms with Crippen molar-refractivity contribution in [1.29, 1.82) is 0 Å². The molecule has 1 N–H and O–H groups in total. The number of alkyl halides is 1. The smallest absolute Gasteiger partial charge is 0.215 e. The van der Waals surface area contributed by atoms with Crippen LogP contribution in [0.15, 0.2) is 0 Å². The van der Waals surface area contributed by atoms with Crippen molar-refractivity contribution in [3.63, 3.8) is 0 Å². The van der Waals surface area contributed by atoms with Crippen molar-refractivity contribution < 1.29 is 13.2 Å². The molecule has 102 valence electrons. The molecule has 1 fully saturated rings. The molecule has 1 saturated heterocycles. The molecule has 0 aromatic carbocycles. The van der Waals surface area contributed by atoms with Crippen LogP contribution in [0, 0.1) is 0 Å². The molecule has 1 aliphatic heterocycles. The second-order valence-electron chi connectivity index (χ2n) is 4.81. The Balaban J connectivity index is 2.69. The molecule has 0 saturated carbocycles. The van der Waals surface area contributed by atoms with Crippen molar-refractivity contribution >= 4 is 21.6 Å². The van der Waals surface area contributed by atoms with Gasteiger partial charge in [-0.2, -0.15) is 0 Å². The van der Waals surface area contributed by atoms with Gasteiger partial charge in [0.15, 0.2) is 0 Å². The lowest BCUT2D eigenvalue weighted by molar-refractivity contribution is 0.0979. The lowest BCUT2D eigenvalue weighted by Gasteiger charge is -2.32. The van der Waals surface area contributed by atoms with E-state index in [0.717, 1.165) is 6.42 Å². The van der Waals surface area contributed by atoms with E-state index in [1.54, 1.807) is 0 Å². The molecule has 1 atom stereocenters. The fraction of sp³-hybridized carbons (Fsp3) is 1.00. The summed E-state index contributed by atoms with van der Waals surface area (Å²) in [4.78, 5) is 0. The second-order valence-corrected chi connectivity index (χ2v) is 7.15. The van der Waals surface area contributed by atoms with Crippen LogP contribution in [0.2, 0.25) is 0 Å². The number of rotatable bonds is 6. The van der Waals surface area contributed by atoms with Crippen LogP contribution in [0.5, 0.6) is 0 Å². The third-order valence-corrected chi connectivity index (χ3v) is 5.74. The van der Waals surface area contributed by atoms with Crippen molar-refractivity contribution in [3.8, 4) is 0 Å². The van der Waals surface area contributed by atoms with E-state index in [4.69, 9.17) is 16.3 Å². The molecule has 6 heteroatoms. The van der Waals surface area contributed by atoms with Gasteiger partial charge in [0.2, 0.25) is 10.0 Å². The fourth-order valence-corrected chi connectivity index (χ4v) is 4.25. The number of hydrogen-bond acceptors (Lipinski definition) is 3. The molecule has 0 aromatic heterocycles. The van der Waals surface area contributed by atoms with Crippen LogP contribution in [-0.2, 0) is 14.8 Å². The second kappa shape index (κ2) is 6.36. The Bertz CT molecular complexity index is 328. The van der Waals surface area contributed by atoms with Gasteiger partial charge in [0, 0.05) is 24.6 Å². The fourth-order valence-electron chi connectivity index (χ4n) is 1.92. The first-order valence-corrected chi connectivity index (χ1v) is 8.18. The van der Waals surface area contributed by atoms with E-state index in [1.807, 2.05) is 13.8 Å². The van der Waals surface area contributed by atoms with E-state index in [9.17, 15) is 8.42 Å². The van der Waals surface area contributed by atoms with Gasteiger partial charge in [-0.25, -0.2) is 13.1 Å². The number of hydrogen-bond donors (Lipinski definition) is 1. The number of sulfonamides is 1. The van der Waals surface area contributed by atoms with Crippen molar-refractivity contribution in [2.24, 2.45) is 0 Å². The molecular weight excluding hydrogens is 262 g/mol. The van der Waals surface area contributed by atoms with Gasteiger partial charge in [0.1, 0.15) is 0 Å². The SMILES string of the molecule is CCC(C)(CCCl)NS(=O)(=O)C1CCOCC1. The summed E-state index contributed by atoms with van der Waals surface area (Å²) in [6.07, 6.45) is 2.54. The van der Waals surface area contributed by atoms with E-state index in [-0.39, 0.29) is 5.25 Å². The minimum absolute atomic E-state index is 0.322. The Hall–Kier alpha value is 0.160. The van der Waals surface area contributed by atoms with Crippen molar-refractivity contribution in [2.75, 3.05) is 19.1 Å². The van der Waals surface area contributed by atoms with Gasteiger partial charge in [-0.1, -0.05) is 6.92 Å². The van der Waals surface area contributed by atoms with Crippen LogP contribution in [0.1, 0.15) is 39.5 Å². The molecule has 0 aromatic rings.